The lowest BCUT2D eigenvalue weighted by Crippen LogP contribution is -2.49. The Hall–Kier alpha value is -1.09. The number of nitrogens with one attached hydrogen (secondary N) is 1. The molecule has 2 aliphatic rings. The van der Waals surface area contributed by atoms with Gasteiger partial charge in [-0.1, -0.05) is 26.3 Å². The average Bonchev–Trinajstić information content (AvgIpc) is 2.69. The molecule has 7 heteroatoms. The number of anilines is 1. The first kappa shape index (κ1) is 24.2. The molecule has 0 spiro atoms. The Balaban J connectivity index is 0.00000300. The summed E-state index contributed by atoms with van der Waals surface area (Å²) in [6.45, 7) is 12.3. The molecule has 29 heavy (non-hydrogen) atoms. The normalized spacial score (nSPS) is 25.5. The van der Waals surface area contributed by atoms with E-state index in [-0.39, 0.29) is 30.1 Å². The van der Waals surface area contributed by atoms with E-state index in [0.29, 0.717) is 5.41 Å². The zero-order valence-electron chi connectivity index (χ0n) is 18.5. The molecule has 0 saturated carbocycles. The summed E-state index contributed by atoms with van der Waals surface area (Å²) in [5.41, 5.74) is 1.59. The highest BCUT2D eigenvalue weighted by Gasteiger charge is 2.31. The lowest BCUT2D eigenvalue weighted by molar-refractivity contribution is 0.0529. The number of aromatic nitrogens is 1. The molecule has 1 aromatic rings. The number of aliphatic imine (C=N–C) groups is 1. The summed E-state index contributed by atoms with van der Waals surface area (Å²) in [7, 11) is 1.88. The SMILES string of the molecule is CCCC1(C)CCCN(C(=NC)NCc2ccc(N3CCOC(C)C3)nc2)C1.I. The van der Waals surface area contributed by atoms with E-state index in [2.05, 4.69) is 58.0 Å². The van der Waals surface area contributed by atoms with Gasteiger partial charge >= 0.3 is 0 Å². The first-order valence-corrected chi connectivity index (χ1v) is 10.8. The lowest BCUT2D eigenvalue weighted by Gasteiger charge is -2.42. The smallest absolute Gasteiger partial charge is 0.193 e. The summed E-state index contributed by atoms with van der Waals surface area (Å²) in [5, 5.41) is 3.54. The van der Waals surface area contributed by atoms with Gasteiger partial charge in [-0.15, -0.1) is 24.0 Å². The molecule has 3 rings (SSSR count). The topological polar surface area (TPSA) is 53.0 Å². The van der Waals surface area contributed by atoms with Gasteiger partial charge in [0.15, 0.2) is 5.96 Å². The minimum Gasteiger partial charge on any atom is -0.375 e. The molecule has 0 radical (unpaired) electrons. The third-order valence-corrected chi connectivity index (χ3v) is 5.97. The Bertz CT molecular complexity index is 649. The number of morpholine rings is 1. The Morgan fingerprint density at radius 2 is 2.21 bits per heavy atom. The number of ether oxygens (including phenoxy) is 1. The number of hydrogen-bond acceptors (Lipinski definition) is 4. The van der Waals surface area contributed by atoms with Gasteiger partial charge in [0.25, 0.3) is 0 Å². The largest absolute Gasteiger partial charge is 0.375 e. The summed E-state index contributed by atoms with van der Waals surface area (Å²) in [4.78, 5) is 13.9. The van der Waals surface area contributed by atoms with E-state index >= 15 is 0 Å². The van der Waals surface area contributed by atoms with Crippen molar-refractivity contribution in [1.29, 1.82) is 0 Å². The Kier molecular flexibility index (Phi) is 9.46. The minimum absolute atomic E-state index is 0. The Labute approximate surface area is 193 Å². The van der Waals surface area contributed by atoms with Crippen LogP contribution in [0.5, 0.6) is 0 Å². The number of rotatable bonds is 5. The van der Waals surface area contributed by atoms with Gasteiger partial charge in [0, 0.05) is 46.0 Å². The summed E-state index contributed by atoms with van der Waals surface area (Å²) < 4.78 is 5.62. The lowest BCUT2D eigenvalue weighted by atomic mass is 9.78. The highest BCUT2D eigenvalue weighted by molar-refractivity contribution is 14.0. The summed E-state index contributed by atoms with van der Waals surface area (Å²) in [6.07, 6.45) is 7.34. The summed E-state index contributed by atoms with van der Waals surface area (Å²) in [6, 6.07) is 4.29. The zero-order chi connectivity index (χ0) is 20.0. The van der Waals surface area contributed by atoms with Crippen molar-refractivity contribution < 1.29 is 4.74 Å². The van der Waals surface area contributed by atoms with Gasteiger partial charge in [-0.05, 0) is 43.2 Å². The predicted molar refractivity (Wildman–Crippen MR) is 131 cm³/mol. The van der Waals surface area contributed by atoms with Gasteiger partial charge in [-0.25, -0.2) is 4.98 Å². The van der Waals surface area contributed by atoms with Crippen LogP contribution in [0.1, 0.15) is 52.0 Å². The number of halogens is 1. The van der Waals surface area contributed by atoms with Crippen molar-refractivity contribution in [3.05, 3.63) is 23.9 Å². The van der Waals surface area contributed by atoms with Crippen LogP contribution >= 0.6 is 24.0 Å². The number of nitrogens with zero attached hydrogens (tertiary/aromatic N) is 4. The fourth-order valence-corrected chi connectivity index (χ4v) is 4.55. The molecule has 2 aliphatic heterocycles. The Morgan fingerprint density at radius 1 is 1.38 bits per heavy atom. The van der Waals surface area contributed by atoms with Crippen LogP contribution in [-0.2, 0) is 11.3 Å². The quantitative estimate of drug-likeness (QED) is 0.366. The fraction of sp³-hybridized carbons (Fsp3) is 0.727. The highest BCUT2D eigenvalue weighted by atomic mass is 127. The minimum atomic E-state index is 0. The standard InChI is InChI=1S/C22H37N5O.HI/c1-5-9-22(3)10-6-11-27(17-22)21(23-4)25-15-19-7-8-20(24-14-19)26-12-13-28-18(2)16-26;/h7-8,14,18H,5-6,9-13,15-17H2,1-4H3,(H,23,25);1H. The molecule has 2 fully saturated rings. The molecule has 2 unspecified atom stereocenters. The maximum absolute atomic E-state index is 5.62. The third kappa shape index (κ3) is 6.70. The number of hydrogen-bond donors (Lipinski definition) is 1. The van der Waals surface area contributed by atoms with Crippen molar-refractivity contribution in [3.63, 3.8) is 0 Å². The molecule has 0 amide bonds. The van der Waals surface area contributed by atoms with Crippen molar-refractivity contribution in [1.82, 2.24) is 15.2 Å². The van der Waals surface area contributed by atoms with Crippen LogP contribution in [0.2, 0.25) is 0 Å². The molecule has 2 atom stereocenters. The van der Waals surface area contributed by atoms with Gasteiger partial charge < -0.3 is 19.9 Å². The first-order valence-electron chi connectivity index (χ1n) is 10.8. The van der Waals surface area contributed by atoms with Crippen LogP contribution < -0.4 is 10.2 Å². The number of pyridine rings is 1. The van der Waals surface area contributed by atoms with E-state index in [1.54, 1.807) is 0 Å². The van der Waals surface area contributed by atoms with Gasteiger partial charge in [-0.2, -0.15) is 0 Å². The molecular formula is C22H38IN5O. The van der Waals surface area contributed by atoms with Crippen molar-refractivity contribution in [2.75, 3.05) is 44.7 Å². The zero-order valence-corrected chi connectivity index (χ0v) is 20.8. The molecule has 1 N–H and O–H groups in total. The molecule has 0 aliphatic carbocycles. The second-order valence-corrected chi connectivity index (χ2v) is 8.64. The monoisotopic (exact) mass is 515 g/mol. The van der Waals surface area contributed by atoms with Crippen LogP contribution in [0, 0.1) is 5.41 Å². The van der Waals surface area contributed by atoms with E-state index in [0.717, 1.165) is 51.1 Å². The van der Waals surface area contributed by atoms with E-state index in [1.165, 1.54) is 31.2 Å². The van der Waals surface area contributed by atoms with Crippen molar-refractivity contribution >= 4 is 35.8 Å². The summed E-state index contributed by atoms with van der Waals surface area (Å²) in [5.74, 6) is 2.04. The second kappa shape index (κ2) is 11.3. The second-order valence-electron chi connectivity index (χ2n) is 8.64. The molecular weight excluding hydrogens is 477 g/mol. The Morgan fingerprint density at radius 3 is 2.86 bits per heavy atom. The molecule has 0 aromatic carbocycles. The predicted octanol–water partition coefficient (Wildman–Crippen LogP) is 3.90. The van der Waals surface area contributed by atoms with E-state index < -0.39 is 0 Å². The molecule has 2 saturated heterocycles. The third-order valence-electron chi connectivity index (χ3n) is 5.97. The maximum atomic E-state index is 5.62. The van der Waals surface area contributed by atoms with Crippen molar-refractivity contribution in [2.24, 2.45) is 10.4 Å². The van der Waals surface area contributed by atoms with Crippen LogP contribution in [0.3, 0.4) is 0 Å². The average molecular weight is 515 g/mol. The van der Waals surface area contributed by atoms with E-state index in [1.807, 2.05) is 13.2 Å². The summed E-state index contributed by atoms with van der Waals surface area (Å²) >= 11 is 0. The first-order chi connectivity index (χ1) is 13.5. The van der Waals surface area contributed by atoms with Gasteiger partial charge in [0.1, 0.15) is 5.82 Å². The molecule has 0 bridgehead atoms. The van der Waals surface area contributed by atoms with E-state index in [4.69, 9.17) is 4.74 Å². The molecule has 164 valence electrons. The van der Waals surface area contributed by atoms with E-state index in [9.17, 15) is 0 Å². The molecule has 1 aromatic heterocycles. The highest BCUT2D eigenvalue weighted by Crippen LogP contribution is 2.33. The molecule has 6 nitrogen and oxygen atoms in total. The van der Waals surface area contributed by atoms with Crippen LogP contribution in [0.15, 0.2) is 23.3 Å². The van der Waals surface area contributed by atoms with Crippen molar-refractivity contribution in [2.45, 2.75) is 59.1 Å². The van der Waals surface area contributed by atoms with Gasteiger partial charge in [0.2, 0.25) is 0 Å². The number of guanidine groups is 1. The maximum Gasteiger partial charge on any atom is 0.193 e. The van der Waals surface area contributed by atoms with Gasteiger partial charge in [0.05, 0.1) is 12.7 Å². The fourth-order valence-electron chi connectivity index (χ4n) is 4.55. The molecule has 3 heterocycles. The van der Waals surface area contributed by atoms with Crippen LogP contribution in [0.25, 0.3) is 0 Å². The van der Waals surface area contributed by atoms with Gasteiger partial charge in [-0.3, -0.25) is 4.99 Å². The van der Waals surface area contributed by atoms with Crippen molar-refractivity contribution in [3.8, 4) is 0 Å². The van der Waals surface area contributed by atoms with Crippen LogP contribution in [0.4, 0.5) is 5.82 Å². The number of likely N-dealkylation sites (tertiary alicyclic amines) is 1. The van der Waals surface area contributed by atoms with Crippen LogP contribution in [-0.4, -0.2) is 61.8 Å². The number of piperidine rings is 1.